The van der Waals surface area contributed by atoms with Gasteiger partial charge in [-0.05, 0) is 44.6 Å². The number of aliphatic hydroxyl groups is 1. The molecule has 3 heterocycles. The molecule has 270 valence electrons. The number of hydrogen-bond acceptors (Lipinski definition) is 7. The Morgan fingerprint density at radius 3 is 2.51 bits per heavy atom. The average Bonchev–Trinajstić information content (AvgIpc) is 3.70. The summed E-state index contributed by atoms with van der Waals surface area (Å²) in [7, 11) is 1.70. The van der Waals surface area contributed by atoms with Crippen LogP contribution < -0.4 is 0 Å². The highest BCUT2D eigenvalue weighted by Gasteiger charge is 2.77. The zero-order chi connectivity index (χ0) is 35.7. The summed E-state index contributed by atoms with van der Waals surface area (Å²) in [6.45, 7) is 12.8. The van der Waals surface area contributed by atoms with Crippen molar-refractivity contribution < 1.29 is 33.8 Å². The van der Waals surface area contributed by atoms with Crippen molar-refractivity contribution in [3.63, 3.8) is 0 Å². The van der Waals surface area contributed by atoms with E-state index < -0.39 is 47.7 Å². The third kappa shape index (κ3) is 8.15. The molecule has 2 bridgehead atoms. The Hall–Kier alpha value is -3.02. The van der Waals surface area contributed by atoms with Crippen LogP contribution in [0.4, 0.5) is 0 Å². The fraction of sp³-hybridized carbons (Fsp3) is 0.632. The molecule has 3 amide bonds. The van der Waals surface area contributed by atoms with Gasteiger partial charge in [0.05, 0.1) is 24.0 Å². The number of carbonyl (C=O) groups is 4. The van der Waals surface area contributed by atoms with Crippen LogP contribution in [-0.4, -0.2) is 105 Å². The topological polar surface area (TPSA) is 117 Å². The molecule has 11 heteroatoms. The van der Waals surface area contributed by atoms with Crippen molar-refractivity contribution in [2.24, 2.45) is 11.8 Å². The maximum absolute atomic E-state index is 14.5. The number of likely N-dealkylation sites (tertiary alicyclic amines) is 1. The number of halogens is 1. The molecule has 1 N–H and O–H groups in total. The predicted molar refractivity (Wildman–Crippen MR) is 192 cm³/mol. The first-order valence-electron chi connectivity index (χ1n) is 17.8. The van der Waals surface area contributed by atoms with Gasteiger partial charge in [0.25, 0.3) is 0 Å². The van der Waals surface area contributed by atoms with E-state index in [-0.39, 0.29) is 35.6 Å². The Labute approximate surface area is 300 Å². The van der Waals surface area contributed by atoms with Crippen LogP contribution in [0, 0.1) is 11.8 Å². The molecule has 0 aliphatic carbocycles. The predicted octanol–water partition coefficient (Wildman–Crippen LogP) is 5.20. The lowest BCUT2D eigenvalue weighted by molar-refractivity contribution is -0.164. The first kappa shape index (κ1) is 38.8. The quantitative estimate of drug-likeness (QED) is 0.0845. The number of nitrogens with zero attached hydrogens (tertiary/aromatic N) is 3. The molecule has 1 aromatic rings. The molecular formula is C38H54BrN3O7. The maximum Gasteiger partial charge on any atom is 0.313 e. The van der Waals surface area contributed by atoms with Gasteiger partial charge in [0.15, 0.2) is 0 Å². The van der Waals surface area contributed by atoms with Gasteiger partial charge in [0, 0.05) is 44.5 Å². The van der Waals surface area contributed by atoms with E-state index in [1.165, 1.54) is 0 Å². The van der Waals surface area contributed by atoms with Crippen molar-refractivity contribution in [1.82, 2.24) is 14.7 Å². The summed E-state index contributed by atoms with van der Waals surface area (Å²) in [6.07, 6.45) is 7.80. The van der Waals surface area contributed by atoms with Crippen LogP contribution in [0.3, 0.4) is 0 Å². The first-order chi connectivity index (χ1) is 23.6. The Morgan fingerprint density at radius 1 is 1.14 bits per heavy atom. The van der Waals surface area contributed by atoms with Gasteiger partial charge in [0.2, 0.25) is 17.7 Å². The highest BCUT2D eigenvalue weighted by Crippen LogP contribution is 2.60. The largest absolute Gasteiger partial charge is 0.455 e. The zero-order valence-corrected chi connectivity index (χ0v) is 30.9. The summed E-state index contributed by atoms with van der Waals surface area (Å²) in [5.41, 5.74) is -0.467. The Kier molecular flexibility index (Phi) is 14.1. The van der Waals surface area contributed by atoms with Crippen LogP contribution in [0.2, 0.25) is 0 Å². The van der Waals surface area contributed by atoms with E-state index in [4.69, 9.17) is 9.47 Å². The number of ether oxygens (including phenoxy) is 2. The normalized spacial score (nSPS) is 26.6. The van der Waals surface area contributed by atoms with Crippen molar-refractivity contribution in [3.05, 3.63) is 61.2 Å². The monoisotopic (exact) mass is 743 g/mol. The third-order valence-electron chi connectivity index (χ3n) is 10.4. The van der Waals surface area contributed by atoms with Crippen LogP contribution in [0.5, 0.6) is 0 Å². The number of likely N-dealkylation sites (N-methyl/N-ethyl adjacent to an activating group) is 1. The van der Waals surface area contributed by atoms with Gasteiger partial charge in [-0.2, -0.15) is 0 Å². The molecule has 1 unspecified atom stereocenters. The standard InChI is InChI=1S/C38H54BrN3O7/c1-6-9-20-29(44)40(5)26(4)32(27-18-14-13-15-19-27)48-37(47)30-31-35(45)42(23-16-11-12-17-24-43)34(38(31)25-28(39)33(30)49-38)36(46)41(21-8-3)22-10-7-2/h6,8,13-15,18-19,26,28,30-34,43H,1,3,7,9-12,16-17,20-25H2,2,4-5H3/t26-,28?,30+,31-,32+,33+,34+,38-/m0/s1. The molecule has 3 aliphatic heterocycles. The van der Waals surface area contributed by atoms with Crippen LogP contribution >= 0.6 is 15.9 Å². The average molecular weight is 745 g/mol. The number of carbonyl (C=O) groups excluding carboxylic acids is 4. The third-order valence-corrected chi connectivity index (χ3v) is 11.3. The van der Waals surface area contributed by atoms with Crippen molar-refractivity contribution >= 4 is 39.6 Å². The summed E-state index contributed by atoms with van der Waals surface area (Å²) in [5.74, 6) is -2.96. The minimum atomic E-state index is -1.20. The highest BCUT2D eigenvalue weighted by molar-refractivity contribution is 9.09. The fourth-order valence-electron chi connectivity index (χ4n) is 7.76. The molecule has 0 saturated carbocycles. The molecule has 0 aromatic heterocycles. The zero-order valence-electron chi connectivity index (χ0n) is 29.3. The molecule has 49 heavy (non-hydrogen) atoms. The fourth-order valence-corrected chi connectivity index (χ4v) is 8.70. The van der Waals surface area contributed by atoms with Crippen LogP contribution in [0.25, 0.3) is 0 Å². The van der Waals surface area contributed by atoms with Gasteiger partial charge >= 0.3 is 5.97 Å². The van der Waals surface area contributed by atoms with E-state index in [1.54, 1.807) is 33.9 Å². The molecule has 4 rings (SSSR count). The summed E-state index contributed by atoms with van der Waals surface area (Å²) in [5, 5.41) is 9.25. The molecule has 8 atom stereocenters. The van der Waals surface area contributed by atoms with E-state index in [9.17, 15) is 24.3 Å². The minimum Gasteiger partial charge on any atom is -0.455 e. The summed E-state index contributed by atoms with van der Waals surface area (Å²) in [4.78, 5) is 61.3. The van der Waals surface area contributed by atoms with Crippen LogP contribution in [0.15, 0.2) is 55.6 Å². The van der Waals surface area contributed by atoms with E-state index >= 15 is 0 Å². The number of esters is 1. The van der Waals surface area contributed by atoms with Gasteiger partial charge < -0.3 is 29.3 Å². The van der Waals surface area contributed by atoms with Crippen LogP contribution in [-0.2, 0) is 28.7 Å². The van der Waals surface area contributed by atoms with E-state index in [2.05, 4.69) is 36.0 Å². The number of allylic oxidation sites excluding steroid dienone is 1. The molecule has 1 aromatic carbocycles. The van der Waals surface area contributed by atoms with Gasteiger partial charge in [-0.1, -0.05) is 84.6 Å². The molecule has 10 nitrogen and oxygen atoms in total. The van der Waals surface area contributed by atoms with E-state index in [0.717, 1.165) is 31.2 Å². The van der Waals surface area contributed by atoms with Crippen molar-refractivity contribution in [2.45, 2.75) is 106 Å². The number of amides is 3. The minimum absolute atomic E-state index is 0.0961. The summed E-state index contributed by atoms with van der Waals surface area (Å²) < 4.78 is 13.1. The second-order valence-corrected chi connectivity index (χ2v) is 14.8. The molecular weight excluding hydrogens is 690 g/mol. The van der Waals surface area contributed by atoms with Gasteiger partial charge in [-0.3, -0.25) is 19.2 Å². The van der Waals surface area contributed by atoms with Gasteiger partial charge in [-0.25, -0.2) is 0 Å². The van der Waals surface area contributed by atoms with E-state index in [1.807, 2.05) is 37.3 Å². The molecule has 3 fully saturated rings. The number of aliphatic hydroxyl groups excluding tert-OH is 1. The number of unbranched alkanes of at least 4 members (excludes halogenated alkanes) is 4. The number of fused-ring (bicyclic) bond motifs is 1. The maximum atomic E-state index is 14.5. The lowest BCUT2D eigenvalue weighted by Gasteiger charge is -2.37. The Bertz CT molecular complexity index is 1330. The van der Waals surface area contributed by atoms with Crippen molar-refractivity contribution in [1.29, 1.82) is 0 Å². The lowest BCUT2D eigenvalue weighted by atomic mass is 9.70. The summed E-state index contributed by atoms with van der Waals surface area (Å²) >= 11 is 3.76. The second-order valence-electron chi connectivity index (χ2n) is 13.6. The number of hydrogen-bond donors (Lipinski definition) is 1. The second kappa shape index (κ2) is 17.8. The lowest BCUT2D eigenvalue weighted by Crippen LogP contribution is -2.57. The Morgan fingerprint density at radius 2 is 1.86 bits per heavy atom. The van der Waals surface area contributed by atoms with Crippen LogP contribution in [0.1, 0.15) is 83.3 Å². The summed E-state index contributed by atoms with van der Waals surface area (Å²) in [6, 6.07) is 7.91. The van der Waals surface area contributed by atoms with Gasteiger partial charge in [0.1, 0.15) is 17.7 Å². The number of rotatable bonds is 20. The SMILES string of the molecule is C=CCCC(=O)N(C)[C@@H](C)[C@@H](OC(=O)[C@H]1[C@@H]2O[C@@]3(CC2Br)[C@@H]1C(=O)N(CCCCCCO)[C@@H]3C(=O)N(CC=C)CCCC)c1ccccc1. The van der Waals surface area contributed by atoms with Gasteiger partial charge in [-0.15, -0.1) is 13.2 Å². The number of benzene rings is 1. The van der Waals surface area contributed by atoms with E-state index in [0.29, 0.717) is 45.3 Å². The van der Waals surface area contributed by atoms with Crippen molar-refractivity contribution in [2.75, 3.05) is 33.3 Å². The smallest absolute Gasteiger partial charge is 0.313 e. The highest BCUT2D eigenvalue weighted by atomic mass is 79.9. The molecule has 1 spiro atoms. The number of alkyl halides is 1. The Balaban J connectivity index is 1.68. The first-order valence-corrected chi connectivity index (χ1v) is 18.7. The molecule has 0 radical (unpaired) electrons. The molecule has 3 saturated heterocycles. The molecule has 3 aliphatic rings. The van der Waals surface area contributed by atoms with Crippen molar-refractivity contribution in [3.8, 4) is 0 Å².